The van der Waals surface area contributed by atoms with Crippen LogP contribution >= 0.6 is 0 Å². The molecule has 146 valence electrons. The quantitative estimate of drug-likeness (QED) is 0.805. The third-order valence-electron chi connectivity index (χ3n) is 5.79. The first kappa shape index (κ1) is 17.4. The molecule has 0 bridgehead atoms. The Morgan fingerprint density at radius 2 is 1.96 bits per heavy atom. The van der Waals surface area contributed by atoms with E-state index in [1.165, 1.54) is 0 Å². The summed E-state index contributed by atoms with van der Waals surface area (Å²) in [6.07, 6.45) is -0.334. The van der Waals surface area contributed by atoms with Gasteiger partial charge in [0.05, 0.1) is 12.6 Å². The molecule has 27 heavy (non-hydrogen) atoms. The predicted molar refractivity (Wildman–Crippen MR) is 93.7 cm³/mol. The monoisotopic (exact) mass is 375 g/mol. The van der Waals surface area contributed by atoms with Crippen molar-refractivity contribution < 1.29 is 28.5 Å². The van der Waals surface area contributed by atoms with E-state index < -0.39 is 18.2 Å². The number of hydrogen-bond donors (Lipinski definition) is 0. The van der Waals surface area contributed by atoms with Crippen molar-refractivity contribution in [3.63, 3.8) is 0 Å². The molecule has 1 aromatic rings. The van der Waals surface area contributed by atoms with E-state index in [0.717, 1.165) is 24.9 Å². The van der Waals surface area contributed by atoms with Crippen molar-refractivity contribution in [2.24, 2.45) is 0 Å². The number of fused-ring (bicyclic) bond motifs is 2. The van der Waals surface area contributed by atoms with Gasteiger partial charge in [0.15, 0.2) is 18.2 Å². The van der Waals surface area contributed by atoms with Crippen molar-refractivity contribution in [3.05, 3.63) is 35.9 Å². The van der Waals surface area contributed by atoms with Gasteiger partial charge in [-0.2, -0.15) is 0 Å². The fourth-order valence-electron chi connectivity index (χ4n) is 4.63. The van der Waals surface area contributed by atoms with Crippen LogP contribution in [0.3, 0.4) is 0 Å². The van der Waals surface area contributed by atoms with Gasteiger partial charge < -0.3 is 28.6 Å². The Balaban J connectivity index is 1.37. The van der Waals surface area contributed by atoms with E-state index in [1.54, 1.807) is 0 Å². The van der Waals surface area contributed by atoms with E-state index in [-0.39, 0.29) is 30.4 Å². The number of hydrogen-bond acceptors (Lipinski definition) is 6. The fraction of sp³-hybridized carbons (Fsp3) is 0.650. The van der Waals surface area contributed by atoms with Gasteiger partial charge in [0.25, 0.3) is 0 Å². The smallest absolute Gasteiger partial charge is 0.410 e. The number of ether oxygens (including phenoxy) is 5. The Hall–Kier alpha value is -1.67. The number of cyclic esters (lactones) is 1. The topological polar surface area (TPSA) is 66.5 Å². The van der Waals surface area contributed by atoms with E-state index in [9.17, 15) is 4.79 Å². The van der Waals surface area contributed by atoms with Crippen LogP contribution in [0.5, 0.6) is 0 Å². The second-order valence-electron chi connectivity index (χ2n) is 8.08. The van der Waals surface area contributed by atoms with Gasteiger partial charge >= 0.3 is 6.09 Å². The lowest BCUT2D eigenvalue weighted by Gasteiger charge is -2.30. The highest BCUT2D eigenvalue weighted by Crippen LogP contribution is 2.43. The molecule has 1 aromatic carbocycles. The lowest BCUT2D eigenvalue weighted by atomic mass is 9.98. The highest BCUT2D eigenvalue weighted by Gasteiger charge is 2.61. The largest absolute Gasteiger partial charge is 0.441 e. The molecule has 0 spiro atoms. The zero-order valence-electron chi connectivity index (χ0n) is 15.6. The summed E-state index contributed by atoms with van der Waals surface area (Å²) in [5.74, 6) is -0.722. The minimum absolute atomic E-state index is 0.0390. The summed E-state index contributed by atoms with van der Waals surface area (Å²) < 4.78 is 30.1. The first-order valence-corrected chi connectivity index (χ1v) is 9.66. The van der Waals surface area contributed by atoms with Gasteiger partial charge in [-0.3, -0.25) is 0 Å². The third kappa shape index (κ3) is 3.02. The maximum Gasteiger partial charge on any atom is 0.410 e. The number of amides is 1. The molecule has 4 fully saturated rings. The van der Waals surface area contributed by atoms with Crippen LogP contribution in [-0.2, 0) is 30.3 Å². The molecule has 0 saturated carbocycles. The summed E-state index contributed by atoms with van der Waals surface area (Å²) in [5.41, 5.74) is 1.07. The number of nitrogens with zero attached hydrogens (tertiary/aromatic N) is 1. The molecule has 0 aliphatic carbocycles. The molecule has 4 saturated heterocycles. The van der Waals surface area contributed by atoms with Crippen molar-refractivity contribution in [1.29, 1.82) is 0 Å². The Kier molecular flexibility index (Phi) is 4.16. The number of carbonyl (C=O) groups excluding carboxylic acids is 1. The first-order valence-electron chi connectivity index (χ1n) is 9.66. The van der Waals surface area contributed by atoms with Gasteiger partial charge in [-0.15, -0.1) is 0 Å². The van der Waals surface area contributed by atoms with Crippen LogP contribution in [0.15, 0.2) is 30.3 Å². The van der Waals surface area contributed by atoms with Crippen molar-refractivity contribution >= 4 is 6.09 Å². The van der Waals surface area contributed by atoms with Crippen LogP contribution in [0.1, 0.15) is 32.3 Å². The van der Waals surface area contributed by atoms with E-state index in [2.05, 4.69) is 0 Å². The Morgan fingerprint density at radius 1 is 1.15 bits per heavy atom. The van der Waals surface area contributed by atoms with Crippen LogP contribution < -0.4 is 0 Å². The SMILES string of the molecule is CC1(C)O[C@H]2O[C@H]([C@@H]3OC(=O)N4CCC[C@@H]34)[C@H](OCc3ccccc3)[C@H]2O1. The molecule has 0 aromatic heterocycles. The summed E-state index contributed by atoms with van der Waals surface area (Å²) >= 11 is 0. The number of rotatable bonds is 4. The van der Waals surface area contributed by atoms with Gasteiger partial charge in [-0.05, 0) is 32.3 Å². The number of carbonyl (C=O) groups is 1. The highest BCUT2D eigenvalue weighted by atomic mass is 16.8. The summed E-state index contributed by atoms with van der Waals surface area (Å²) in [5, 5.41) is 0. The first-order chi connectivity index (χ1) is 13.0. The third-order valence-corrected chi connectivity index (χ3v) is 5.79. The molecule has 5 rings (SSSR count). The second-order valence-corrected chi connectivity index (χ2v) is 8.08. The van der Waals surface area contributed by atoms with Crippen LogP contribution in [0.25, 0.3) is 0 Å². The van der Waals surface area contributed by atoms with Crippen molar-refractivity contribution in [3.8, 4) is 0 Å². The summed E-state index contributed by atoms with van der Waals surface area (Å²) in [7, 11) is 0. The molecule has 6 atom stereocenters. The molecule has 7 nitrogen and oxygen atoms in total. The molecular formula is C20H25NO6. The Labute approximate surface area is 158 Å². The molecule has 1 amide bonds. The van der Waals surface area contributed by atoms with E-state index in [0.29, 0.717) is 6.61 Å². The molecule has 4 heterocycles. The van der Waals surface area contributed by atoms with Gasteiger partial charge in [0.2, 0.25) is 0 Å². The maximum absolute atomic E-state index is 12.2. The maximum atomic E-state index is 12.2. The van der Waals surface area contributed by atoms with E-state index >= 15 is 0 Å². The average molecular weight is 375 g/mol. The Morgan fingerprint density at radius 3 is 2.78 bits per heavy atom. The molecule has 0 N–H and O–H groups in total. The van der Waals surface area contributed by atoms with Gasteiger partial charge in [-0.25, -0.2) is 4.79 Å². The molecule has 0 unspecified atom stereocenters. The molecule has 4 aliphatic rings. The fourth-order valence-corrected chi connectivity index (χ4v) is 4.63. The molecule has 0 radical (unpaired) electrons. The van der Waals surface area contributed by atoms with Crippen LogP contribution in [0.2, 0.25) is 0 Å². The zero-order valence-corrected chi connectivity index (χ0v) is 15.6. The molecular weight excluding hydrogens is 350 g/mol. The summed E-state index contributed by atoms with van der Waals surface area (Å²) in [4.78, 5) is 14.0. The second kappa shape index (κ2) is 6.44. The standard InChI is InChI=1S/C20H25NO6/c1-20(2)26-17-15(23-11-12-7-4-3-5-8-12)16(24-18(17)27-20)14-13-9-6-10-21(13)19(22)25-14/h3-5,7-8,13-18H,6,9-11H2,1-2H3/t13-,14+,15-,16+,17+,18+/m0/s1. The summed E-state index contributed by atoms with van der Waals surface area (Å²) in [6.45, 7) is 4.92. The van der Waals surface area contributed by atoms with Gasteiger partial charge in [0.1, 0.15) is 18.3 Å². The predicted octanol–water partition coefficient (Wildman–Crippen LogP) is 2.43. The van der Waals surface area contributed by atoms with Crippen molar-refractivity contribution in [2.45, 2.75) is 75.8 Å². The van der Waals surface area contributed by atoms with Crippen LogP contribution in [0, 0.1) is 0 Å². The molecule has 7 heteroatoms. The van der Waals surface area contributed by atoms with Crippen molar-refractivity contribution in [2.75, 3.05) is 6.54 Å². The van der Waals surface area contributed by atoms with Crippen molar-refractivity contribution in [1.82, 2.24) is 4.90 Å². The van der Waals surface area contributed by atoms with Gasteiger partial charge in [0, 0.05) is 6.54 Å². The average Bonchev–Trinajstić information content (AvgIpc) is 3.36. The minimum Gasteiger partial charge on any atom is -0.441 e. The lowest BCUT2D eigenvalue weighted by molar-refractivity contribution is -0.229. The van der Waals surface area contributed by atoms with Crippen LogP contribution in [-0.4, -0.2) is 60.1 Å². The molecule has 4 aliphatic heterocycles. The minimum atomic E-state index is -0.722. The van der Waals surface area contributed by atoms with E-state index in [4.69, 9.17) is 23.7 Å². The van der Waals surface area contributed by atoms with Crippen LogP contribution in [0.4, 0.5) is 4.79 Å². The number of benzene rings is 1. The highest BCUT2D eigenvalue weighted by molar-refractivity contribution is 5.71. The zero-order chi connectivity index (χ0) is 18.6. The summed E-state index contributed by atoms with van der Waals surface area (Å²) in [6, 6.07) is 10.0. The normalized spacial score (nSPS) is 39.5. The van der Waals surface area contributed by atoms with E-state index in [1.807, 2.05) is 49.1 Å². The van der Waals surface area contributed by atoms with Gasteiger partial charge in [-0.1, -0.05) is 30.3 Å². The Bertz CT molecular complexity index is 710. The lowest BCUT2D eigenvalue weighted by Crippen LogP contribution is -2.47.